The summed E-state index contributed by atoms with van der Waals surface area (Å²) in [6, 6.07) is 63.6. The van der Waals surface area contributed by atoms with Crippen molar-refractivity contribution in [3.63, 3.8) is 0 Å². The van der Waals surface area contributed by atoms with Crippen molar-refractivity contribution in [1.29, 1.82) is 0 Å². The molecule has 0 amide bonds. The Morgan fingerprint density at radius 2 is 1.05 bits per heavy atom. The third-order valence-electron chi connectivity index (χ3n) is 12.2. The first-order chi connectivity index (χ1) is 30.0. The van der Waals surface area contributed by atoms with Gasteiger partial charge in [0, 0.05) is 44.0 Å². The molecule has 5 nitrogen and oxygen atoms in total. The Morgan fingerprint density at radius 3 is 1.77 bits per heavy atom. The molecule has 0 spiro atoms. The maximum Gasteiger partial charge on any atom is 0.164 e. The van der Waals surface area contributed by atoms with E-state index in [0.717, 1.165) is 77.0 Å². The topological polar surface area (TPSA) is 64.7 Å². The van der Waals surface area contributed by atoms with Gasteiger partial charge in [0.05, 0.1) is 10.2 Å². The van der Waals surface area contributed by atoms with E-state index in [0.29, 0.717) is 17.5 Å². The van der Waals surface area contributed by atoms with Gasteiger partial charge in [-0.2, -0.15) is 0 Å². The Balaban J connectivity index is 1.01. The first kappa shape index (κ1) is 35.4. The van der Waals surface area contributed by atoms with Crippen LogP contribution in [0.1, 0.15) is 25.0 Å². The molecule has 0 bridgehead atoms. The van der Waals surface area contributed by atoms with Crippen LogP contribution in [0.25, 0.3) is 110 Å². The molecule has 0 atom stereocenters. The maximum atomic E-state index is 6.65. The van der Waals surface area contributed by atoms with Crippen molar-refractivity contribution in [2.24, 2.45) is 0 Å². The van der Waals surface area contributed by atoms with Crippen LogP contribution in [0.2, 0.25) is 0 Å². The van der Waals surface area contributed by atoms with Gasteiger partial charge in [-0.3, -0.25) is 0 Å². The minimum absolute atomic E-state index is 0.211. The summed E-state index contributed by atoms with van der Waals surface area (Å²) in [7, 11) is 0. The van der Waals surface area contributed by atoms with Gasteiger partial charge in [-0.05, 0) is 75.3 Å². The SMILES string of the molecule is CC1(C)c2cc(-c3cc(-c4cccc(-c5nc(-c6ccccc6)nc(-c6ccccc6)n5)c4)cc4oc5ccccc5c34)ccc2-c2c1ccc1nc(-c3ccccc3)sc21. The molecule has 8 aromatic carbocycles. The second-order valence-corrected chi connectivity index (χ2v) is 17.2. The fourth-order valence-electron chi connectivity index (χ4n) is 9.10. The quantitative estimate of drug-likeness (QED) is 0.168. The number of aromatic nitrogens is 4. The zero-order valence-electron chi connectivity index (χ0n) is 33.4. The molecule has 3 aromatic heterocycles. The van der Waals surface area contributed by atoms with Gasteiger partial charge in [0.1, 0.15) is 16.2 Å². The molecule has 1 aliphatic rings. The fourth-order valence-corrected chi connectivity index (χ4v) is 10.2. The van der Waals surface area contributed by atoms with E-state index in [1.807, 2.05) is 66.7 Å². The van der Waals surface area contributed by atoms with Crippen molar-refractivity contribution in [2.45, 2.75) is 19.3 Å². The molecule has 3 heterocycles. The molecule has 0 unspecified atom stereocenters. The van der Waals surface area contributed by atoms with Crippen LogP contribution in [-0.2, 0) is 5.41 Å². The number of fused-ring (bicyclic) bond motifs is 8. The molecule has 6 heteroatoms. The van der Waals surface area contributed by atoms with E-state index < -0.39 is 0 Å². The van der Waals surface area contributed by atoms with Crippen LogP contribution in [0, 0.1) is 0 Å². The lowest BCUT2D eigenvalue weighted by atomic mass is 9.81. The molecule has 0 radical (unpaired) electrons. The highest BCUT2D eigenvalue weighted by Crippen LogP contribution is 2.54. The lowest BCUT2D eigenvalue weighted by molar-refractivity contribution is 0.661. The number of furan rings is 1. The molecule has 0 saturated heterocycles. The lowest BCUT2D eigenvalue weighted by Crippen LogP contribution is -2.14. The van der Waals surface area contributed by atoms with Gasteiger partial charge >= 0.3 is 0 Å². The average molecular weight is 801 g/mol. The number of thiazole rings is 1. The highest BCUT2D eigenvalue weighted by molar-refractivity contribution is 7.22. The monoisotopic (exact) mass is 800 g/mol. The van der Waals surface area contributed by atoms with E-state index in [4.69, 9.17) is 24.4 Å². The Hall–Kier alpha value is -7.54. The van der Waals surface area contributed by atoms with Gasteiger partial charge < -0.3 is 4.42 Å². The van der Waals surface area contributed by atoms with E-state index >= 15 is 0 Å². The first-order valence-electron chi connectivity index (χ1n) is 20.5. The van der Waals surface area contributed by atoms with Crippen LogP contribution in [-0.4, -0.2) is 19.9 Å². The molecular formula is C55H36N4OS. The van der Waals surface area contributed by atoms with Gasteiger partial charge in [-0.1, -0.05) is 159 Å². The minimum atomic E-state index is -0.211. The van der Waals surface area contributed by atoms with Crippen molar-refractivity contribution in [3.8, 4) is 78.1 Å². The third kappa shape index (κ3) is 5.82. The first-order valence-corrected chi connectivity index (χ1v) is 21.4. The standard InChI is InChI=1S/C55H36N4OS/c1-55(2)43-27-28-45-50(61-54(56-45)35-19-10-5-11-20-35)49(43)40-26-25-37(31-44(40)55)42-30-39(32-47-48(42)41-23-12-13-24-46(41)60-47)36-21-14-22-38(29-36)53-58-51(33-15-6-3-7-16-33)57-52(59-53)34-17-8-4-9-18-34/h3-32H,1-2H3. The van der Waals surface area contributed by atoms with Crippen molar-refractivity contribution in [1.82, 2.24) is 19.9 Å². The summed E-state index contributed by atoms with van der Waals surface area (Å²) in [5, 5.41) is 3.26. The predicted octanol–water partition coefficient (Wildman–Crippen LogP) is 14.7. The normalized spacial score (nSPS) is 12.9. The smallest absolute Gasteiger partial charge is 0.164 e. The second-order valence-electron chi connectivity index (χ2n) is 16.2. The van der Waals surface area contributed by atoms with Crippen LogP contribution < -0.4 is 0 Å². The highest BCUT2D eigenvalue weighted by Gasteiger charge is 2.37. The molecule has 0 N–H and O–H groups in total. The summed E-state index contributed by atoms with van der Waals surface area (Å²) in [6.45, 7) is 4.70. The lowest BCUT2D eigenvalue weighted by Gasteiger charge is -2.22. The molecule has 0 fully saturated rings. The second kappa shape index (κ2) is 13.8. The molecule has 0 saturated carbocycles. The Morgan fingerprint density at radius 1 is 0.426 bits per heavy atom. The number of para-hydroxylation sites is 1. The van der Waals surface area contributed by atoms with E-state index in [9.17, 15) is 0 Å². The molecule has 61 heavy (non-hydrogen) atoms. The number of benzene rings is 8. The number of hydrogen-bond donors (Lipinski definition) is 0. The largest absolute Gasteiger partial charge is 0.456 e. The molecule has 0 aliphatic heterocycles. The van der Waals surface area contributed by atoms with Crippen LogP contribution in [0.5, 0.6) is 0 Å². The molecule has 288 valence electrons. The third-order valence-corrected chi connectivity index (χ3v) is 13.3. The Bertz CT molecular complexity index is 3440. The van der Waals surface area contributed by atoms with Crippen molar-refractivity contribution in [3.05, 3.63) is 193 Å². The van der Waals surface area contributed by atoms with Crippen LogP contribution >= 0.6 is 11.3 Å². The molecule has 11 aromatic rings. The van der Waals surface area contributed by atoms with Gasteiger partial charge in [-0.25, -0.2) is 19.9 Å². The molecular weight excluding hydrogens is 765 g/mol. The highest BCUT2D eigenvalue weighted by atomic mass is 32.1. The zero-order valence-corrected chi connectivity index (χ0v) is 34.2. The number of rotatable bonds is 6. The van der Waals surface area contributed by atoms with Gasteiger partial charge in [0.25, 0.3) is 0 Å². The predicted molar refractivity (Wildman–Crippen MR) is 250 cm³/mol. The summed E-state index contributed by atoms with van der Waals surface area (Å²) in [5.74, 6) is 1.89. The summed E-state index contributed by atoms with van der Waals surface area (Å²) in [5.41, 5.74) is 16.1. The van der Waals surface area contributed by atoms with Gasteiger partial charge in [0.2, 0.25) is 0 Å². The minimum Gasteiger partial charge on any atom is -0.456 e. The zero-order chi connectivity index (χ0) is 40.7. The summed E-state index contributed by atoms with van der Waals surface area (Å²) >= 11 is 1.79. The van der Waals surface area contributed by atoms with E-state index in [1.165, 1.54) is 27.0 Å². The Kier molecular flexibility index (Phi) is 7.99. The molecule has 12 rings (SSSR count). The fraction of sp³-hybridized carbons (Fsp3) is 0.0545. The van der Waals surface area contributed by atoms with E-state index in [2.05, 4.69) is 129 Å². The van der Waals surface area contributed by atoms with Crippen molar-refractivity contribution < 1.29 is 4.42 Å². The summed E-state index contributed by atoms with van der Waals surface area (Å²) in [4.78, 5) is 20.1. The number of hydrogen-bond acceptors (Lipinski definition) is 6. The molecule has 1 aliphatic carbocycles. The van der Waals surface area contributed by atoms with Gasteiger partial charge in [0.15, 0.2) is 17.5 Å². The average Bonchev–Trinajstić information content (AvgIpc) is 4.00. The van der Waals surface area contributed by atoms with Crippen LogP contribution in [0.3, 0.4) is 0 Å². The van der Waals surface area contributed by atoms with Crippen LogP contribution in [0.15, 0.2) is 186 Å². The van der Waals surface area contributed by atoms with Crippen molar-refractivity contribution >= 4 is 43.5 Å². The Labute approximate surface area is 356 Å². The van der Waals surface area contributed by atoms with E-state index in [-0.39, 0.29) is 5.41 Å². The number of nitrogens with zero attached hydrogens (tertiary/aromatic N) is 4. The van der Waals surface area contributed by atoms with Crippen molar-refractivity contribution in [2.75, 3.05) is 0 Å². The van der Waals surface area contributed by atoms with Crippen LogP contribution in [0.4, 0.5) is 0 Å². The summed E-state index contributed by atoms with van der Waals surface area (Å²) < 4.78 is 7.90. The van der Waals surface area contributed by atoms with Gasteiger partial charge in [-0.15, -0.1) is 11.3 Å². The maximum absolute atomic E-state index is 6.65. The van der Waals surface area contributed by atoms with E-state index in [1.54, 1.807) is 11.3 Å². The summed E-state index contributed by atoms with van der Waals surface area (Å²) in [6.07, 6.45) is 0.